The lowest BCUT2D eigenvalue weighted by molar-refractivity contribution is -0.148. The molecule has 3 rings (SSSR count). The van der Waals surface area contributed by atoms with Crippen molar-refractivity contribution in [1.82, 2.24) is 4.90 Å². The van der Waals surface area contributed by atoms with E-state index in [4.69, 9.17) is 5.11 Å². The maximum Gasteiger partial charge on any atom is 0.311 e. The van der Waals surface area contributed by atoms with Crippen molar-refractivity contribution in [1.29, 1.82) is 0 Å². The molecule has 1 aromatic carbocycles. The zero-order valence-electron chi connectivity index (χ0n) is 13.9. The van der Waals surface area contributed by atoms with E-state index in [1.165, 1.54) is 16.7 Å². The van der Waals surface area contributed by atoms with E-state index in [1.807, 2.05) is 0 Å². The second kappa shape index (κ2) is 5.52. The predicted molar refractivity (Wildman–Crippen MR) is 88.0 cm³/mol. The normalized spacial score (nSPS) is 23.2. The predicted octanol–water partition coefficient (Wildman–Crippen LogP) is 2.76. The van der Waals surface area contributed by atoms with Crippen molar-refractivity contribution in [2.75, 3.05) is 6.54 Å². The number of rotatable bonds is 2. The van der Waals surface area contributed by atoms with Crippen LogP contribution in [0.5, 0.6) is 0 Å². The number of carboxylic acids is 1. The molecule has 0 spiro atoms. The van der Waals surface area contributed by atoms with Crippen LogP contribution in [-0.4, -0.2) is 28.4 Å². The number of carboxylic acid groups (broad SMARTS) is 1. The van der Waals surface area contributed by atoms with Gasteiger partial charge in [0.1, 0.15) is 0 Å². The van der Waals surface area contributed by atoms with Gasteiger partial charge >= 0.3 is 5.97 Å². The molecule has 1 heterocycles. The van der Waals surface area contributed by atoms with Gasteiger partial charge in [-0.1, -0.05) is 51.1 Å². The van der Waals surface area contributed by atoms with Crippen LogP contribution in [0.2, 0.25) is 0 Å². The number of fused-ring (bicyclic) bond motifs is 1. The van der Waals surface area contributed by atoms with Gasteiger partial charge in [0.2, 0.25) is 5.91 Å². The van der Waals surface area contributed by atoms with Crippen LogP contribution in [0, 0.1) is 11.8 Å². The summed E-state index contributed by atoms with van der Waals surface area (Å²) >= 11 is 0. The Morgan fingerprint density at radius 1 is 1.13 bits per heavy atom. The topological polar surface area (TPSA) is 57.6 Å². The minimum atomic E-state index is -0.918. The highest BCUT2D eigenvalue weighted by Gasteiger charge is 2.38. The molecule has 4 nitrogen and oxygen atoms in total. The van der Waals surface area contributed by atoms with Gasteiger partial charge in [0.25, 0.3) is 0 Å². The van der Waals surface area contributed by atoms with E-state index < -0.39 is 17.8 Å². The van der Waals surface area contributed by atoms with Crippen LogP contribution in [0.1, 0.15) is 37.5 Å². The summed E-state index contributed by atoms with van der Waals surface area (Å²) in [5.41, 5.74) is 3.91. The number of nitrogens with zero attached hydrogens (tertiary/aromatic N) is 1. The number of hydrogen-bond acceptors (Lipinski definition) is 2. The van der Waals surface area contributed by atoms with E-state index in [-0.39, 0.29) is 11.3 Å². The summed E-state index contributed by atoms with van der Waals surface area (Å²) in [5.74, 6) is -2.14. The number of carbonyl (C=O) groups excluding carboxylic acids is 1. The van der Waals surface area contributed by atoms with Crippen LogP contribution < -0.4 is 0 Å². The van der Waals surface area contributed by atoms with Gasteiger partial charge in [0.05, 0.1) is 11.8 Å². The van der Waals surface area contributed by atoms with E-state index in [2.05, 4.69) is 39.0 Å². The molecule has 0 saturated carbocycles. The van der Waals surface area contributed by atoms with Crippen molar-refractivity contribution in [3.05, 3.63) is 47.0 Å². The van der Waals surface area contributed by atoms with E-state index in [0.717, 1.165) is 6.42 Å². The number of hydrogen-bond donors (Lipinski definition) is 1. The fourth-order valence-electron chi connectivity index (χ4n) is 3.22. The molecule has 2 atom stereocenters. The lowest BCUT2D eigenvalue weighted by Crippen LogP contribution is -2.45. The van der Waals surface area contributed by atoms with Crippen molar-refractivity contribution in [3.63, 3.8) is 0 Å². The minimum Gasteiger partial charge on any atom is -0.481 e. The summed E-state index contributed by atoms with van der Waals surface area (Å²) in [6.45, 7) is 7.83. The molecule has 23 heavy (non-hydrogen) atoms. The zero-order valence-corrected chi connectivity index (χ0v) is 13.9. The maximum atomic E-state index is 12.5. The SMILES string of the molecule is CC(C)(C)c1ccc2c(c1)CCN(C(=O)[C@@H]1C=C[C@@H]1C(=O)O)C2. The van der Waals surface area contributed by atoms with Crippen LogP contribution >= 0.6 is 0 Å². The molecule has 0 aromatic heterocycles. The van der Waals surface area contributed by atoms with Gasteiger partial charge in [-0.15, -0.1) is 0 Å². The van der Waals surface area contributed by atoms with Gasteiger partial charge in [-0.05, 0) is 28.5 Å². The van der Waals surface area contributed by atoms with Crippen molar-refractivity contribution in [2.45, 2.75) is 39.2 Å². The summed E-state index contributed by atoms with van der Waals surface area (Å²) in [5, 5.41) is 9.09. The summed E-state index contributed by atoms with van der Waals surface area (Å²) in [6, 6.07) is 6.50. The zero-order chi connectivity index (χ0) is 16.8. The minimum absolute atomic E-state index is 0.0644. The Morgan fingerprint density at radius 3 is 2.39 bits per heavy atom. The molecule has 0 fully saturated rings. The highest BCUT2D eigenvalue weighted by atomic mass is 16.4. The Bertz CT molecular complexity index is 684. The van der Waals surface area contributed by atoms with Gasteiger partial charge in [-0.25, -0.2) is 0 Å². The molecule has 1 aliphatic heterocycles. The fourth-order valence-corrected chi connectivity index (χ4v) is 3.22. The highest BCUT2D eigenvalue weighted by Crippen LogP contribution is 2.31. The number of benzene rings is 1. The Kier molecular flexibility index (Phi) is 3.78. The van der Waals surface area contributed by atoms with E-state index in [0.29, 0.717) is 13.1 Å². The summed E-state index contributed by atoms with van der Waals surface area (Å²) in [6.07, 6.45) is 4.14. The van der Waals surface area contributed by atoms with E-state index in [9.17, 15) is 9.59 Å². The molecule has 4 heteroatoms. The van der Waals surface area contributed by atoms with Crippen LogP contribution in [0.3, 0.4) is 0 Å². The molecule has 1 amide bonds. The molecule has 0 radical (unpaired) electrons. The largest absolute Gasteiger partial charge is 0.481 e. The first kappa shape index (κ1) is 15.8. The smallest absolute Gasteiger partial charge is 0.311 e. The monoisotopic (exact) mass is 313 g/mol. The van der Waals surface area contributed by atoms with E-state index >= 15 is 0 Å². The highest BCUT2D eigenvalue weighted by molar-refractivity contribution is 5.89. The third kappa shape index (κ3) is 2.90. The van der Waals surface area contributed by atoms with Crippen molar-refractivity contribution in [3.8, 4) is 0 Å². The Labute approximate surface area is 136 Å². The number of aliphatic carboxylic acids is 1. The quantitative estimate of drug-likeness (QED) is 0.854. The average molecular weight is 313 g/mol. The number of amides is 1. The van der Waals surface area contributed by atoms with Crippen LogP contribution in [-0.2, 0) is 28.0 Å². The lowest BCUT2D eigenvalue weighted by atomic mass is 9.80. The van der Waals surface area contributed by atoms with Crippen molar-refractivity contribution >= 4 is 11.9 Å². The lowest BCUT2D eigenvalue weighted by Gasteiger charge is -2.35. The molecule has 0 bridgehead atoms. The van der Waals surface area contributed by atoms with Gasteiger partial charge in [0, 0.05) is 13.1 Å². The van der Waals surface area contributed by atoms with Gasteiger partial charge in [-0.3, -0.25) is 9.59 Å². The molecule has 122 valence electrons. The summed E-state index contributed by atoms with van der Waals surface area (Å²) < 4.78 is 0. The van der Waals surface area contributed by atoms with Gasteiger partial charge in [-0.2, -0.15) is 0 Å². The summed E-state index contributed by atoms with van der Waals surface area (Å²) in [4.78, 5) is 25.4. The number of carbonyl (C=O) groups is 2. The molecular formula is C19H23NO3. The van der Waals surface area contributed by atoms with Crippen LogP contribution in [0.4, 0.5) is 0 Å². The first-order chi connectivity index (χ1) is 10.8. The van der Waals surface area contributed by atoms with Crippen molar-refractivity contribution in [2.24, 2.45) is 11.8 Å². The standard InChI is InChI=1S/C19H23NO3/c1-19(2,3)14-5-4-13-11-20(9-8-12(13)10-14)17(21)15-6-7-16(15)18(22)23/h4-7,10,15-16H,8-9,11H2,1-3H3,(H,22,23)/t15-,16+/m1/s1. The second-order valence-electron chi connectivity index (χ2n) is 7.52. The van der Waals surface area contributed by atoms with E-state index in [1.54, 1.807) is 17.1 Å². The first-order valence-corrected chi connectivity index (χ1v) is 8.09. The first-order valence-electron chi connectivity index (χ1n) is 8.09. The molecule has 1 N–H and O–H groups in total. The molecule has 0 saturated heterocycles. The Morgan fingerprint density at radius 2 is 1.83 bits per heavy atom. The third-order valence-corrected chi connectivity index (χ3v) is 4.88. The van der Waals surface area contributed by atoms with Gasteiger partial charge < -0.3 is 10.0 Å². The molecular weight excluding hydrogens is 290 g/mol. The molecule has 1 aromatic rings. The maximum absolute atomic E-state index is 12.5. The fraction of sp³-hybridized carbons (Fsp3) is 0.474. The molecule has 0 unspecified atom stereocenters. The van der Waals surface area contributed by atoms with Crippen LogP contribution in [0.15, 0.2) is 30.4 Å². The third-order valence-electron chi connectivity index (χ3n) is 4.88. The van der Waals surface area contributed by atoms with Gasteiger partial charge in [0.15, 0.2) is 0 Å². The Hall–Kier alpha value is -2.10. The second-order valence-corrected chi connectivity index (χ2v) is 7.52. The van der Waals surface area contributed by atoms with Crippen molar-refractivity contribution < 1.29 is 14.7 Å². The molecule has 1 aliphatic carbocycles. The van der Waals surface area contributed by atoms with Crippen LogP contribution in [0.25, 0.3) is 0 Å². The average Bonchev–Trinajstić information content (AvgIpc) is 2.43. The molecule has 2 aliphatic rings. The Balaban J connectivity index is 1.75. The summed E-state index contributed by atoms with van der Waals surface area (Å²) in [7, 11) is 0.